The third-order valence-corrected chi connectivity index (χ3v) is 3.30. The van der Waals surface area contributed by atoms with Gasteiger partial charge in [-0.3, -0.25) is 4.79 Å². The average Bonchev–Trinajstić information content (AvgIpc) is 2.48. The van der Waals surface area contributed by atoms with Crippen LogP contribution in [0.2, 0.25) is 0 Å². The predicted octanol–water partition coefficient (Wildman–Crippen LogP) is 3.18. The molecule has 0 aliphatic heterocycles. The summed E-state index contributed by atoms with van der Waals surface area (Å²) >= 11 is 0. The SMILES string of the molecule is Cc1ccc(C(C)NC(=O)c2cccc(C(=O)O)c2)cc1. The molecular weight excluding hydrogens is 266 g/mol. The molecule has 2 rings (SSSR count). The molecule has 2 aromatic rings. The predicted molar refractivity (Wildman–Crippen MR) is 80.5 cm³/mol. The van der Waals surface area contributed by atoms with Gasteiger partial charge in [0.1, 0.15) is 0 Å². The molecule has 2 N–H and O–H groups in total. The van der Waals surface area contributed by atoms with E-state index < -0.39 is 5.97 Å². The van der Waals surface area contributed by atoms with Gasteiger partial charge in [0.2, 0.25) is 0 Å². The second kappa shape index (κ2) is 6.22. The van der Waals surface area contributed by atoms with Gasteiger partial charge in [-0.2, -0.15) is 0 Å². The summed E-state index contributed by atoms with van der Waals surface area (Å²) in [5, 5.41) is 11.8. The highest BCUT2D eigenvalue weighted by Crippen LogP contribution is 2.14. The first-order chi connectivity index (χ1) is 9.97. The molecule has 0 spiro atoms. The number of carboxylic acid groups (broad SMARTS) is 1. The molecule has 108 valence electrons. The van der Waals surface area contributed by atoms with Gasteiger partial charge in [0, 0.05) is 5.56 Å². The Labute approximate surface area is 123 Å². The van der Waals surface area contributed by atoms with Crippen LogP contribution >= 0.6 is 0 Å². The Bertz CT molecular complexity index is 662. The topological polar surface area (TPSA) is 66.4 Å². The number of nitrogens with one attached hydrogen (secondary N) is 1. The second-order valence-electron chi connectivity index (χ2n) is 4.99. The minimum atomic E-state index is -1.05. The van der Waals surface area contributed by atoms with E-state index in [1.807, 2.05) is 38.1 Å². The molecule has 2 aromatic carbocycles. The van der Waals surface area contributed by atoms with Crippen LogP contribution in [0.1, 0.15) is 44.8 Å². The molecule has 1 amide bonds. The van der Waals surface area contributed by atoms with Crippen molar-refractivity contribution in [3.05, 3.63) is 70.8 Å². The van der Waals surface area contributed by atoms with Crippen molar-refractivity contribution in [3.63, 3.8) is 0 Å². The monoisotopic (exact) mass is 283 g/mol. The summed E-state index contributed by atoms with van der Waals surface area (Å²) in [6, 6.07) is 13.8. The van der Waals surface area contributed by atoms with E-state index >= 15 is 0 Å². The molecule has 1 unspecified atom stereocenters. The molecule has 0 heterocycles. The lowest BCUT2D eigenvalue weighted by molar-refractivity contribution is 0.0697. The summed E-state index contributed by atoms with van der Waals surface area (Å²) in [6.45, 7) is 3.90. The number of aryl methyl sites for hydroxylation is 1. The van der Waals surface area contributed by atoms with Gasteiger partial charge in [0.15, 0.2) is 0 Å². The van der Waals surface area contributed by atoms with Gasteiger partial charge in [0.05, 0.1) is 11.6 Å². The highest BCUT2D eigenvalue weighted by molar-refractivity contribution is 5.97. The van der Waals surface area contributed by atoms with Crippen molar-refractivity contribution in [1.82, 2.24) is 5.32 Å². The molecule has 0 bridgehead atoms. The van der Waals surface area contributed by atoms with Crippen molar-refractivity contribution in [2.75, 3.05) is 0 Å². The molecule has 0 aliphatic carbocycles. The van der Waals surface area contributed by atoms with Crippen molar-refractivity contribution < 1.29 is 14.7 Å². The Balaban J connectivity index is 2.12. The Kier molecular flexibility index (Phi) is 4.38. The maximum atomic E-state index is 12.2. The Morgan fingerprint density at radius 2 is 1.67 bits per heavy atom. The lowest BCUT2D eigenvalue weighted by atomic mass is 10.1. The minimum Gasteiger partial charge on any atom is -0.478 e. The third kappa shape index (κ3) is 3.69. The summed E-state index contributed by atoms with van der Waals surface area (Å²) in [5.41, 5.74) is 2.61. The van der Waals surface area contributed by atoms with Gasteiger partial charge in [-0.25, -0.2) is 4.79 Å². The molecule has 0 fully saturated rings. The van der Waals surface area contributed by atoms with Crippen molar-refractivity contribution >= 4 is 11.9 Å². The lowest BCUT2D eigenvalue weighted by Gasteiger charge is -2.14. The molecule has 4 heteroatoms. The molecule has 0 saturated heterocycles. The van der Waals surface area contributed by atoms with Crippen LogP contribution in [0, 0.1) is 6.92 Å². The number of aromatic carboxylic acids is 1. The molecule has 21 heavy (non-hydrogen) atoms. The molecule has 1 atom stereocenters. The van der Waals surface area contributed by atoms with Crippen molar-refractivity contribution in [2.24, 2.45) is 0 Å². The first-order valence-corrected chi connectivity index (χ1v) is 6.68. The van der Waals surface area contributed by atoms with Gasteiger partial charge >= 0.3 is 5.97 Å². The maximum Gasteiger partial charge on any atom is 0.335 e. The van der Waals surface area contributed by atoms with Gasteiger partial charge in [0.25, 0.3) is 5.91 Å². The van der Waals surface area contributed by atoms with E-state index in [2.05, 4.69) is 5.32 Å². The first-order valence-electron chi connectivity index (χ1n) is 6.68. The van der Waals surface area contributed by atoms with E-state index in [0.717, 1.165) is 11.1 Å². The van der Waals surface area contributed by atoms with Gasteiger partial charge in [-0.15, -0.1) is 0 Å². The van der Waals surface area contributed by atoms with Gasteiger partial charge in [-0.05, 0) is 37.6 Å². The number of carboxylic acids is 1. The molecule has 0 aliphatic rings. The van der Waals surface area contributed by atoms with Gasteiger partial charge < -0.3 is 10.4 Å². The van der Waals surface area contributed by atoms with Crippen molar-refractivity contribution in [3.8, 4) is 0 Å². The summed E-state index contributed by atoms with van der Waals surface area (Å²) < 4.78 is 0. The fraction of sp³-hybridized carbons (Fsp3) is 0.176. The third-order valence-electron chi connectivity index (χ3n) is 3.30. The number of rotatable bonds is 4. The van der Waals surface area contributed by atoms with E-state index in [4.69, 9.17) is 5.11 Å². The Morgan fingerprint density at radius 1 is 1.05 bits per heavy atom. The fourth-order valence-corrected chi connectivity index (χ4v) is 2.01. The summed E-state index contributed by atoms with van der Waals surface area (Å²) in [4.78, 5) is 23.1. The summed E-state index contributed by atoms with van der Waals surface area (Å²) in [6.07, 6.45) is 0. The van der Waals surface area contributed by atoms with Crippen LogP contribution in [0.25, 0.3) is 0 Å². The van der Waals surface area contributed by atoms with E-state index in [0.29, 0.717) is 5.56 Å². The zero-order valence-corrected chi connectivity index (χ0v) is 12.0. The molecule has 0 aromatic heterocycles. The fourth-order valence-electron chi connectivity index (χ4n) is 2.01. The van der Waals surface area contributed by atoms with E-state index in [1.165, 1.54) is 12.1 Å². The summed E-state index contributed by atoms with van der Waals surface area (Å²) in [7, 11) is 0. The quantitative estimate of drug-likeness (QED) is 0.905. The number of hydrogen-bond donors (Lipinski definition) is 2. The second-order valence-corrected chi connectivity index (χ2v) is 4.99. The number of amides is 1. The Hall–Kier alpha value is -2.62. The molecule has 0 radical (unpaired) electrons. The average molecular weight is 283 g/mol. The normalized spacial score (nSPS) is 11.7. The number of benzene rings is 2. The van der Waals surface area contributed by atoms with Crippen LogP contribution < -0.4 is 5.32 Å². The first kappa shape index (κ1) is 14.8. The van der Waals surface area contributed by atoms with Crippen LogP contribution in [0.3, 0.4) is 0 Å². The number of carbonyl (C=O) groups excluding carboxylic acids is 1. The largest absolute Gasteiger partial charge is 0.478 e. The van der Waals surface area contributed by atoms with Crippen molar-refractivity contribution in [1.29, 1.82) is 0 Å². The maximum absolute atomic E-state index is 12.2. The molecular formula is C17H17NO3. The van der Waals surface area contributed by atoms with Crippen LogP contribution in [0.15, 0.2) is 48.5 Å². The zero-order valence-electron chi connectivity index (χ0n) is 12.0. The summed E-state index contributed by atoms with van der Waals surface area (Å²) in [5.74, 6) is -1.33. The minimum absolute atomic E-state index is 0.102. The number of hydrogen-bond acceptors (Lipinski definition) is 2. The lowest BCUT2D eigenvalue weighted by Crippen LogP contribution is -2.26. The van der Waals surface area contributed by atoms with Crippen LogP contribution in [-0.4, -0.2) is 17.0 Å². The van der Waals surface area contributed by atoms with Crippen LogP contribution in [0.4, 0.5) is 0 Å². The van der Waals surface area contributed by atoms with Crippen LogP contribution in [0.5, 0.6) is 0 Å². The van der Waals surface area contributed by atoms with E-state index in [1.54, 1.807) is 12.1 Å². The van der Waals surface area contributed by atoms with E-state index in [9.17, 15) is 9.59 Å². The highest BCUT2D eigenvalue weighted by atomic mass is 16.4. The van der Waals surface area contributed by atoms with Crippen LogP contribution in [-0.2, 0) is 0 Å². The zero-order chi connectivity index (χ0) is 15.4. The smallest absolute Gasteiger partial charge is 0.335 e. The van der Waals surface area contributed by atoms with Crippen molar-refractivity contribution in [2.45, 2.75) is 19.9 Å². The van der Waals surface area contributed by atoms with E-state index in [-0.39, 0.29) is 17.5 Å². The molecule has 0 saturated carbocycles. The van der Waals surface area contributed by atoms with Gasteiger partial charge in [-0.1, -0.05) is 35.9 Å². The molecule has 4 nitrogen and oxygen atoms in total. The Morgan fingerprint density at radius 3 is 2.29 bits per heavy atom. The number of carbonyl (C=O) groups is 2. The highest BCUT2D eigenvalue weighted by Gasteiger charge is 2.13. The standard InChI is InChI=1S/C17H17NO3/c1-11-6-8-13(9-7-11)12(2)18-16(19)14-4-3-5-15(10-14)17(20)21/h3-10,12H,1-2H3,(H,18,19)(H,20,21).